The Labute approximate surface area is 310 Å². The zero-order chi connectivity index (χ0) is 34.9. The lowest BCUT2D eigenvalue weighted by Crippen LogP contribution is -2.12. The first-order valence-corrected chi connectivity index (χ1v) is 18.8. The second kappa shape index (κ2) is 11.9. The first kappa shape index (κ1) is 30.0. The molecule has 0 radical (unpaired) electrons. The SMILES string of the molecule is c1ccc(-c2ccc(-c3cc4ccccc4c4ccccc34)cc2N(c2ccc3sc4ccccc4c3c2)c2cccc3oc4ccccc4c23)cc1. The zero-order valence-corrected chi connectivity index (χ0v) is 29.5. The van der Waals surface area contributed by atoms with E-state index in [0.29, 0.717) is 0 Å². The molecule has 0 aliphatic heterocycles. The van der Waals surface area contributed by atoms with E-state index in [9.17, 15) is 0 Å². The summed E-state index contributed by atoms with van der Waals surface area (Å²) >= 11 is 1.85. The molecule has 0 aliphatic carbocycles. The van der Waals surface area contributed by atoms with E-state index >= 15 is 0 Å². The molecule has 2 aromatic heterocycles. The molecule has 0 bridgehead atoms. The smallest absolute Gasteiger partial charge is 0.137 e. The van der Waals surface area contributed by atoms with Gasteiger partial charge in [-0.3, -0.25) is 0 Å². The zero-order valence-electron chi connectivity index (χ0n) is 28.7. The summed E-state index contributed by atoms with van der Waals surface area (Å²) in [6.45, 7) is 0. The van der Waals surface area contributed by atoms with E-state index in [0.717, 1.165) is 55.7 Å². The molecule has 0 spiro atoms. The van der Waals surface area contributed by atoms with Gasteiger partial charge in [-0.2, -0.15) is 0 Å². The van der Waals surface area contributed by atoms with Crippen LogP contribution in [0.4, 0.5) is 17.1 Å². The second-order valence-corrected chi connectivity index (χ2v) is 14.7. The van der Waals surface area contributed by atoms with Crippen molar-refractivity contribution in [2.45, 2.75) is 0 Å². The van der Waals surface area contributed by atoms with Gasteiger partial charge in [0.2, 0.25) is 0 Å². The van der Waals surface area contributed by atoms with Crippen LogP contribution >= 0.6 is 11.3 Å². The molecule has 0 N–H and O–H groups in total. The fourth-order valence-corrected chi connectivity index (χ4v) is 9.33. The normalized spacial score (nSPS) is 11.8. The van der Waals surface area contributed by atoms with Crippen LogP contribution in [0.3, 0.4) is 0 Å². The monoisotopic (exact) mass is 693 g/mol. The number of nitrogens with zero attached hydrogens (tertiary/aromatic N) is 1. The van der Waals surface area contributed by atoms with Gasteiger partial charge in [0, 0.05) is 36.8 Å². The minimum atomic E-state index is 0.869. The van der Waals surface area contributed by atoms with Gasteiger partial charge in [-0.1, -0.05) is 133 Å². The third-order valence-corrected chi connectivity index (χ3v) is 11.8. The summed E-state index contributed by atoms with van der Waals surface area (Å²) < 4.78 is 9.08. The average Bonchev–Trinajstić information content (AvgIpc) is 3.80. The maximum absolute atomic E-state index is 6.50. The summed E-state index contributed by atoms with van der Waals surface area (Å²) in [6, 6.07) is 68.2. The minimum absolute atomic E-state index is 0.869. The van der Waals surface area contributed by atoms with Gasteiger partial charge in [0.15, 0.2) is 0 Å². The van der Waals surface area contributed by atoms with E-state index in [2.05, 4.69) is 187 Å². The molecular weight excluding hydrogens is 663 g/mol. The number of benzene rings is 9. The van der Waals surface area contributed by atoms with Gasteiger partial charge in [-0.25, -0.2) is 0 Å². The van der Waals surface area contributed by atoms with Crippen LogP contribution in [0.15, 0.2) is 192 Å². The lowest BCUT2D eigenvalue weighted by Gasteiger charge is -2.29. The molecular formula is C50H31NOS. The van der Waals surface area contributed by atoms with Gasteiger partial charge in [-0.05, 0) is 92.8 Å². The van der Waals surface area contributed by atoms with E-state index in [1.54, 1.807) is 0 Å². The van der Waals surface area contributed by atoms with Gasteiger partial charge in [0.1, 0.15) is 11.2 Å². The molecule has 9 aromatic carbocycles. The highest BCUT2D eigenvalue weighted by atomic mass is 32.1. The molecule has 0 aliphatic rings. The Morgan fingerprint density at radius 1 is 0.377 bits per heavy atom. The van der Waals surface area contributed by atoms with E-state index in [-0.39, 0.29) is 0 Å². The van der Waals surface area contributed by atoms with Crippen LogP contribution in [-0.2, 0) is 0 Å². The van der Waals surface area contributed by atoms with Crippen molar-refractivity contribution >= 4 is 92.1 Å². The predicted molar refractivity (Wildman–Crippen MR) is 227 cm³/mol. The van der Waals surface area contributed by atoms with E-state index in [1.807, 2.05) is 17.4 Å². The Bertz CT molecular complexity index is 3190. The molecule has 0 fully saturated rings. The highest BCUT2D eigenvalue weighted by Gasteiger charge is 2.24. The topological polar surface area (TPSA) is 16.4 Å². The third kappa shape index (κ3) is 4.78. The van der Waals surface area contributed by atoms with Crippen molar-refractivity contribution in [1.82, 2.24) is 0 Å². The second-order valence-electron chi connectivity index (χ2n) is 13.7. The largest absolute Gasteiger partial charge is 0.456 e. The fraction of sp³-hybridized carbons (Fsp3) is 0. The molecule has 0 saturated carbocycles. The molecule has 248 valence electrons. The van der Waals surface area contributed by atoms with Crippen LogP contribution in [0, 0.1) is 0 Å². The van der Waals surface area contributed by atoms with Gasteiger partial charge >= 0.3 is 0 Å². The fourth-order valence-electron chi connectivity index (χ4n) is 8.24. The number of furan rings is 1. The summed E-state index contributed by atoms with van der Waals surface area (Å²) in [5.74, 6) is 0. The standard InChI is InChI=1S/C50H31NOS/c1-2-13-32(14-3-1)37-27-25-34(42-29-33-15-4-5-16-36(33)38-17-6-7-18-39(38)42)30-45(37)51(35-26-28-49-43(31-35)40-19-9-11-24-48(40)53-49)44-21-12-23-47-50(44)41-20-8-10-22-46(41)52-47/h1-31H. The van der Waals surface area contributed by atoms with E-state index < -0.39 is 0 Å². The quantitative estimate of drug-likeness (QED) is 0.167. The lowest BCUT2D eigenvalue weighted by atomic mass is 9.91. The number of thiophene rings is 1. The first-order valence-electron chi connectivity index (χ1n) is 18.0. The van der Waals surface area contributed by atoms with Gasteiger partial charge in [0.25, 0.3) is 0 Å². The molecule has 3 heteroatoms. The molecule has 2 heterocycles. The molecule has 0 unspecified atom stereocenters. The van der Waals surface area contributed by atoms with Crippen molar-refractivity contribution in [2.24, 2.45) is 0 Å². The van der Waals surface area contributed by atoms with Crippen LogP contribution in [-0.4, -0.2) is 0 Å². The molecule has 53 heavy (non-hydrogen) atoms. The van der Waals surface area contributed by atoms with Crippen LogP contribution in [0.5, 0.6) is 0 Å². The van der Waals surface area contributed by atoms with Crippen LogP contribution < -0.4 is 4.90 Å². The number of hydrogen-bond donors (Lipinski definition) is 0. The van der Waals surface area contributed by atoms with Crippen molar-refractivity contribution < 1.29 is 4.42 Å². The maximum Gasteiger partial charge on any atom is 0.137 e. The Hall–Kier alpha value is -6.68. The van der Waals surface area contributed by atoms with Crippen molar-refractivity contribution in [3.63, 3.8) is 0 Å². The van der Waals surface area contributed by atoms with Crippen LogP contribution in [0.2, 0.25) is 0 Å². The first-order chi connectivity index (χ1) is 26.3. The number of fused-ring (bicyclic) bond motifs is 9. The third-order valence-electron chi connectivity index (χ3n) is 10.6. The number of hydrogen-bond acceptors (Lipinski definition) is 3. The Morgan fingerprint density at radius 2 is 1.08 bits per heavy atom. The number of anilines is 3. The van der Waals surface area contributed by atoms with E-state index in [4.69, 9.17) is 4.42 Å². The van der Waals surface area contributed by atoms with Crippen LogP contribution in [0.25, 0.3) is 85.9 Å². The average molecular weight is 694 g/mol. The summed E-state index contributed by atoms with van der Waals surface area (Å²) in [5, 5.41) is 9.74. The summed E-state index contributed by atoms with van der Waals surface area (Å²) in [5.41, 5.74) is 9.71. The van der Waals surface area contributed by atoms with Crippen LogP contribution in [0.1, 0.15) is 0 Å². The highest BCUT2D eigenvalue weighted by Crippen LogP contribution is 2.49. The molecule has 0 amide bonds. The maximum atomic E-state index is 6.50. The van der Waals surface area contributed by atoms with Gasteiger partial charge in [-0.15, -0.1) is 11.3 Å². The van der Waals surface area contributed by atoms with Gasteiger partial charge < -0.3 is 9.32 Å². The van der Waals surface area contributed by atoms with Crippen molar-refractivity contribution in [1.29, 1.82) is 0 Å². The summed E-state index contributed by atoms with van der Waals surface area (Å²) in [6.07, 6.45) is 0. The molecule has 2 nitrogen and oxygen atoms in total. The van der Waals surface area contributed by atoms with Crippen molar-refractivity contribution in [3.8, 4) is 22.3 Å². The number of para-hydroxylation sites is 1. The predicted octanol–water partition coefficient (Wildman–Crippen LogP) is 15.1. The van der Waals surface area contributed by atoms with E-state index in [1.165, 1.54) is 47.3 Å². The van der Waals surface area contributed by atoms with Gasteiger partial charge in [0.05, 0.1) is 16.8 Å². The molecule has 0 saturated heterocycles. The van der Waals surface area contributed by atoms with Crippen molar-refractivity contribution in [3.05, 3.63) is 188 Å². The Kier molecular flexibility index (Phi) is 6.76. The summed E-state index contributed by atoms with van der Waals surface area (Å²) in [7, 11) is 0. The molecule has 0 atom stereocenters. The van der Waals surface area contributed by atoms with Crippen molar-refractivity contribution in [2.75, 3.05) is 4.90 Å². The molecule has 11 rings (SSSR count). The minimum Gasteiger partial charge on any atom is -0.456 e. The number of rotatable bonds is 5. The summed E-state index contributed by atoms with van der Waals surface area (Å²) in [4.78, 5) is 2.46. The highest BCUT2D eigenvalue weighted by molar-refractivity contribution is 7.25. The lowest BCUT2D eigenvalue weighted by molar-refractivity contribution is 0.669. The Morgan fingerprint density at radius 3 is 1.96 bits per heavy atom. The Balaban J connectivity index is 1.26. The molecule has 11 aromatic rings.